The van der Waals surface area contributed by atoms with Crippen LogP contribution in [0.1, 0.15) is 63.4 Å². The number of hydrogen-bond donors (Lipinski definition) is 0. The average Bonchev–Trinajstić information content (AvgIpc) is 2.79. The summed E-state index contributed by atoms with van der Waals surface area (Å²) in [5.41, 5.74) is 4.60. The Morgan fingerprint density at radius 3 is 2.68 bits per heavy atom. The van der Waals surface area contributed by atoms with Crippen molar-refractivity contribution in [1.29, 1.82) is 0 Å². The lowest BCUT2D eigenvalue weighted by molar-refractivity contribution is -0.145. The number of fused-ring (bicyclic) bond motifs is 1. The smallest absolute Gasteiger partial charge is 0.336 e. The molecule has 4 nitrogen and oxygen atoms in total. The van der Waals surface area contributed by atoms with Crippen molar-refractivity contribution < 1.29 is 14.3 Å². The van der Waals surface area contributed by atoms with Gasteiger partial charge in [-0.2, -0.15) is 0 Å². The first kappa shape index (κ1) is 20.0. The zero-order valence-electron chi connectivity index (χ0n) is 18.2. The topological polar surface area (TPSA) is 46.6 Å². The molecule has 2 aromatic rings. The number of esters is 1. The minimum Gasteiger partial charge on any atom is -0.459 e. The fraction of sp³-hybridized carbons (Fsp3) is 0.407. The van der Waals surface area contributed by atoms with E-state index in [0.717, 1.165) is 71.8 Å². The molecule has 160 valence electrons. The van der Waals surface area contributed by atoms with Crippen LogP contribution in [0.3, 0.4) is 0 Å². The van der Waals surface area contributed by atoms with Gasteiger partial charge in [-0.15, -0.1) is 0 Å². The third-order valence-corrected chi connectivity index (χ3v) is 6.78. The predicted octanol–water partition coefficient (Wildman–Crippen LogP) is 6.13. The summed E-state index contributed by atoms with van der Waals surface area (Å²) in [4.78, 5) is 28.0. The quantitative estimate of drug-likeness (QED) is 0.566. The van der Waals surface area contributed by atoms with Gasteiger partial charge in [0.25, 0.3) is 0 Å². The van der Waals surface area contributed by atoms with Gasteiger partial charge in [-0.1, -0.05) is 36.8 Å². The molecule has 1 heterocycles. The Morgan fingerprint density at radius 1 is 1.03 bits per heavy atom. The van der Waals surface area contributed by atoms with Gasteiger partial charge in [0.15, 0.2) is 5.78 Å². The molecular formula is C27H29NO3. The molecule has 0 unspecified atom stereocenters. The summed E-state index contributed by atoms with van der Waals surface area (Å²) in [6.07, 6.45) is 9.94. The van der Waals surface area contributed by atoms with Gasteiger partial charge in [0.2, 0.25) is 0 Å². The number of nitrogens with zero attached hydrogens (tertiary/aromatic N) is 1. The summed E-state index contributed by atoms with van der Waals surface area (Å²) in [6.45, 7) is 2.09. The minimum absolute atomic E-state index is 0.00725. The molecule has 3 aliphatic rings. The van der Waals surface area contributed by atoms with Crippen LogP contribution in [0.25, 0.3) is 10.8 Å². The highest BCUT2D eigenvalue weighted by molar-refractivity contribution is 6.04. The highest BCUT2D eigenvalue weighted by atomic mass is 16.5. The Kier molecular flexibility index (Phi) is 5.39. The molecule has 31 heavy (non-hydrogen) atoms. The first-order chi connectivity index (χ1) is 15.1. The van der Waals surface area contributed by atoms with Gasteiger partial charge in [0.1, 0.15) is 6.10 Å². The average molecular weight is 416 g/mol. The summed E-state index contributed by atoms with van der Waals surface area (Å²) in [6, 6.07) is 12.6. The third-order valence-electron chi connectivity index (χ3n) is 6.78. The van der Waals surface area contributed by atoms with Crippen LogP contribution >= 0.6 is 0 Å². The van der Waals surface area contributed by atoms with Crippen molar-refractivity contribution in [3.05, 3.63) is 65.0 Å². The van der Waals surface area contributed by atoms with E-state index in [1.807, 2.05) is 18.3 Å². The number of benzene rings is 2. The summed E-state index contributed by atoms with van der Waals surface area (Å²) < 4.78 is 5.87. The van der Waals surface area contributed by atoms with E-state index >= 15 is 0 Å². The molecule has 0 aromatic heterocycles. The van der Waals surface area contributed by atoms with Gasteiger partial charge >= 0.3 is 5.97 Å². The molecule has 4 heteroatoms. The normalized spacial score (nSPS) is 20.0. The molecule has 0 atom stereocenters. The van der Waals surface area contributed by atoms with E-state index in [1.54, 1.807) is 0 Å². The summed E-state index contributed by atoms with van der Waals surface area (Å²) in [5.74, 6) is -0.0990. The molecule has 5 rings (SSSR count). The Bertz CT molecular complexity index is 1100. The van der Waals surface area contributed by atoms with Crippen molar-refractivity contribution in [2.24, 2.45) is 0 Å². The molecule has 0 N–H and O–H groups in total. The second-order valence-electron chi connectivity index (χ2n) is 9.07. The molecule has 1 fully saturated rings. The second kappa shape index (κ2) is 8.33. The van der Waals surface area contributed by atoms with Gasteiger partial charge in [-0.05, 0) is 62.5 Å². The summed E-state index contributed by atoms with van der Waals surface area (Å²) in [7, 11) is 0. The molecule has 2 aromatic carbocycles. The van der Waals surface area contributed by atoms with Crippen molar-refractivity contribution in [2.75, 3.05) is 4.90 Å². The number of ether oxygens (including phenoxy) is 1. The van der Waals surface area contributed by atoms with Crippen LogP contribution in [-0.4, -0.2) is 17.9 Å². The van der Waals surface area contributed by atoms with Gasteiger partial charge in [0, 0.05) is 35.7 Å². The van der Waals surface area contributed by atoms with Crippen LogP contribution in [0.4, 0.5) is 5.69 Å². The number of Topliss-reactive ketones (excluding diaryl/α,β-unsaturated/α-hetero) is 1. The zero-order valence-corrected chi connectivity index (χ0v) is 18.2. The van der Waals surface area contributed by atoms with Crippen molar-refractivity contribution in [2.45, 2.75) is 70.8 Å². The van der Waals surface area contributed by atoms with Crippen molar-refractivity contribution in [1.82, 2.24) is 0 Å². The number of anilines is 1. The number of aryl methyl sites for hydroxylation is 1. The Morgan fingerprint density at radius 2 is 1.84 bits per heavy atom. The van der Waals surface area contributed by atoms with Gasteiger partial charge < -0.3 is 9.64 Å². The van der Waals surface area contributed by atoms with Crippen molar-refractivity contribution in [3.63, 3.8) is 0 Å². The second-order valence-corrected chi connectivity index (χ2v) is 9.07. The number of allylic oxidation sites excluding steroid dienone is 2. The summed E-state index contributed by atoms with van der Waals surface area (Å²) >= 11 is 0. The Balaban J connectivity index is 1.57. The number of carbonyl (C=O) groups excluding carboxylic acids is 2. The Labute approximate surface area is 183 Å². The fourth-order valence-electron chi connectivity index (χ4n) is 5.20. The van der Waals surface area contributed by atoms with Crippen LogP contribution < -0.4 is 4.90 Å². The molecular weight excluding hydrogens is 386 g/mol. The van der Waals surface area contributed by atoms with E-state index in [2.05, 4.69) is 36.1 Å². The molecule has 0 spiro atoms. The fourth-order valence-corrected chi connectivity index (χ4v) is 5.20. The van der Waals surface area contributed by atoms with E-state index in [-0.39, 0.29) is 17.9 Å². The highest BCUT2D eigenvalue weighted by Gasteiger charge is 2.33. The standard InChI is InChI=1S/C27H29NO3/c1-18-14-19-8-5-6-11-22(19)25(15-18)28-17-20(16-23-24(28)12-7-13-26(23)29)27(30)31-21-9-3-2-4-10-21/h5-6,8,11,14-15,17,21H,2-4,7,9-10,12-13,16H2,1H3. The number of rotatable bonds is 3. The van der Waals surface area contributed by atoms with E-state index in [4.69, 9.17) is 4.74 Å². The van der Waals surface area contributed by atoms with Crippen molar-refractivity contribution >= 4 is 28.2 Å². The van der Waals surface area contributed by atoms with Gasteiger partial charge in [0.05, 0.1) is 11.3 Å². The van der Waals surface area contributed by atoms with Crippen LogP contribution in [0.15, 0.2) is 59.4 Å². The number of carbonyl (C=O) groups is 2. The molecule has 2 aliphatic carbocycles. The lowest BCUT2D eigenvalue weighted by atomic mass is 9.87. The zero-order chi connectivity index (χ0) is 21.4. The van der Waals surface area contributed by atoms with Gasteiger partial charge in [-0.3, -0.25) is 4.79 Å². The van der Waals surface area contributed by atoms with Crippen LogP contribution in [0, 0.1) is 6.92 Å². The molecule has 1 saturated carbocycles. The van der Waals surface area contributed by atoms with E-state index in [0.29, 0.717) is 18.4 Å². The number of hydrogen-bond acceptors (Lipinski definition) is 4. The molecule has 0 saturated heterocycles. The van der Waals surface area contributed by atoms with Crippen molar-refractivity contribution in [3.8, 4) is 0 Å². The molecule has 0 bridgehead atoms. The van der Waals surface area contributed by atoms with Crippen LogP contribution in [0.5, 0.6) is 0 Å². The van der Waals surface area contributed by atoms with E-state index < -0.39 is 0 Å². The highest BCUT2D eigenvalue weighted by Crippen LogP contribution is 2.40. The minimum atomic E-state index is -0.265. The van der Waals surface area contributed by atoms with Gasteiger partial charge in [-0.25, -0.2) is 4.79 Å². The molecule has 0 amide bonds. The predicted molar refractivity (Wildman–Crippen MR) is 123 cm³/mol. The maximum atomic E-state index is 13.1. The number of ketones is 1. The summed E-state index contributed by atoms with van der Waals surface area (Å²) in [5, 5.41) is 2.28. The SMILES string of the molecule is Cc1cc(N2C=C(C(=O)OC3CCCCC3)CC3=C2CCCC3=O)c2ccccc2c1. The molecule has 0 radical (unpaired) electrons. The van der Waals surface area contributed by atoms with Crippen LogP contribution in [-0.2, 0) is 14.3 Å². The third kappa shape index (κ3) is 3.91. The van der Waals surface area contributed by atoms with Crippen LogP contribution in [0.2, 0.25) is 0 Å². The van der Waals surface area contributed by atoms with E-state index in [1.165, 1.54) is 6.42 Å². The maximum Gasteiger partial charge on any atom is 0.336 e. The van der Waals surface area contributed by atoms with E-state index in [9.17, 15) is 9.59 Å². The first-order valence-corrected chi connectivity index (χ1v) is 11.6. The first-order valence-electron chi connectivity index (χ1n) is 11.6. The lowest BCUT2D eigenvalue weighted by Gasteiger charge is -2.35. The largest absolute Gasteiger partial charge is 0.459 e. The lowest BCUT2D eigenvalue weighted by Crippen LogP contribution is -2.31. The molecule has 1 aliphatic heterocycles. The maximum absolute atomic E-state index is 13.1. The Hall–Kier alpha value is -2.88. The monoisotopic (exact) mass is 415 g/mol.